The number of hydrogen-bond acceptors (Lipinski definition) is 16. The Morgan fingerprint density at radius 1 is 0.600 bits per heavy atom. The molecule has 8 rings (SSSR count). The zero-order valence-electron chi connectivity index (χ0n) is 38.6. The minimum atomic E-state index is -0.656. The molecule has 0 aliphatic carbocycles. The van der Waals surface area contributed by atoms with Gasteiger partial charge in [0.15, 0.2) is 19.0 Å². The lowest BCUT2D eigenvalue weighted by atomic mass is 10.2. The predicted octanol–water partition coefficient (Wildman–Crippen LogP) is 4.90. The van der Waals surface area contributed by atoms with Crippen LogP contribution in [0, 0.1) is 11.6 Å². The van der Waals surface area contributed by atoms with Crippen molar-refractivity contribution in [3.05, 3.63) is 108 Å². The van der Waals surface area contributed by atoms with Crippen LogP contribution in [0.25, 0.3) is 0 Å². The van der Waals surface area contributed by atoms with Crippen LogP contribution in [0.1, 0.15) is 47.4 Å². The van der Waals surface area contributed by atoms with Crippen molar-refractivity contribution in [2.75, 3.05) is 104 Å². The fraction of sp³-hybridized carbons (Fsp3) is 0.375. The Bertz CT molecular complexity index is 2520. The Hall–Kier alpha value is -7.72. The predicted molar refractivity (Wildman–Crippen MR) is 250 cm³/mol. The Kier molecular flexibility index (Phi) is 16.5. The number of carbonyl (C=O) groups is 6. The molecule has 20 nitrogen and oxygen atoms in total. The van der Waals surface area contributed by atoms with Gasteiger partial charge in [-0.3, -0.25) is 19.4 Å². The van der Waals surface area contributed by atoms with Crippen LogP contribution in [0.5, 0.6) is 5.75 Å². The van der Waals surface area contributed by atoms with Crippen molar-refractivity contribution in [3.63, 3.8) is 0 Å². The maximum absolute atomic E-state index is 14.9. The second-order valence-corrected chi connectivity index (χ2v) is 16.5. The molecule has 4 N–H and O–H groups in total. The number of nitrogens with two attached hydrogens (primary N) is 2. The molecule has 372 valence electrons. The number of benzene rings is 4. The molecule has 4 aliphatic heterocycles. The molecule has 2 atom stereocenters. The fourth-order valence-electron chi connectivity index (χ4n) is 8.05. The highest BCUT2D eigenvalue weighted by Crippen LogP contribution is 2.31. The van der Waals surface area contributed by atoms with E-state index < -0.39 is 42.4 Å². The molecule has 4 amide bonds. The van der Waals surface area contributed by atoms with Crippen LogP contribution in [0.4, 0.5) is 46.8 Å². The van der Waals surface area contributed by atoms with E-state index in [2.05, 4.69) is 9.88 Å². The van der Waals surface area contributed by atoms with E-state index in [1.165, 1.54) is 58.3 Å². The number of rotatable bonds is 14. The summed E-state index contributed by atoms with van der Waals surface area (Å²) in [5, 5.41) is 0. The van der Waals surface area contributed by atoms with Gasteiger partial charge in [-0.15, -0.1) is 0 Å². The van der Waals surface area contributed by atoms with E-state index in [0.717, 1.165) is 0 Å². The van der Waals surface area contributed by atoms with E-state index in [4.69, 9.17) is 30.6 Å². The van der Waals surface area contributed by atoms with E-state index >= 15 is 0 Å². The minimum absolute atomic E-state index is 0.188. The van der Waals surface area contributed by atoms with Gasteiger partial charge in [0, 0.05) is 58.0 Å². The second kappa shape index (κ2) is 23.1. The van der Waals surface area contributed by atoms with Crippen LogP contribution in [0.15, 0.2) is 84.9 Å². The van der Waals surface area contributed by atoms with Crippen LogP contribution in [-0.4, -0.2) is 137 Å². The number of cyclic esters (lactones) is 2. The van der Waals surface area contributed by atoms with Crippen molar-refractivity contribution in [1.29, 1.82) is 0 Å². The molecule has 0 spiro atoms. The molecule has 0 radical (unpaired) electrons. The minimum Gasteiger partial charge on any atom is -0.452 e. The van der Waals surface area contributed by atoms with Crippen LogP contribution < -0.4 is 36.1 Å². The third-order valence-electron chi connectivity index (χ3n) is 12.1. The van der Waals surface area contributed by atoms with Crippen LogP contribution in [0.3, 0.4) is 0 Å². The summed E-state index contributed by atoms with van der Waals surface area (Å²) in [7, 11) is 0. The fourth-order valence-corrected chi connectivity index (χ4v) is 8.05. The van der Waals surface area contributed by atoms with Crippen LogP contribution >= 0.6 is 0 Å². The Labute approximate surface area is 401 Å². The first-order valence-electron chi connectivity index (χ1n) is 22.7. The number of ether oxygens (including phenoxy) is 4. The van der Waals surface area contributed by atoms with Crippen LogP contribution in [-0.2, 0) is 33.5 Å². The van der Waals surface area contributed by atoms with E-state index in [9.17, 15) is 37.5 Å². The van der Waals surface area contributed by atoms with E-state index in [-0.39, 0.29) is 36.2 Å². The molecule has 4 heterocycles. The lowest BCUT2D eigenvalue weighted by Crippen LogP contribution is -2.50. The smallest absolute Gasteiger partial charge is 0.414 e. The third kappa shape index (κ3) is 12.3. The summed E-state index contributed by atoms with van der Waals surface area (Å²) in [6.45, 7) is 6.98. The molecule has 0 saturated carbocycles. The van der Waals surface area contributed by atoms with Crippen molar-refractivity contribution in [2.45, 2.75) is 38.9 Å². The molecule has 4 saturated heterocycles. The highest BCUT2D eigenvalue weighted by Gasteiger charge is 2.34. The van der Waals surface area contributed by atoms with Crippen molar-refractivity contribution in [3.8, 4) is 5.75 Å². The molecule has 4 aliphatic rings. The quantitative estimate of drug-likeness (QED) is 0.0563. The summed E-state index contributed by atoms with van der Waals surface area (Å²) in [4.78, 5) is 91.7. The molecule has 4 fully saturated rings. The normalized spacial score (nSPS) is 17.9. The SMILES string of the molecule is CC[C@H]1CN(c2ccc(N3CCN(C(=O)COC(=O)c4ccc(N)cc4)CC3)c(F)c2)C(=O)O1.CC[C@H]1CN(c2ccc(N3CCN(C(=O)COC(=O)c4ccc(OON)cc4)CC3)c(F)c2)C(=O)O1. The molecule has 0 unspecified atom stereocenters. The average Bonchev–Trinajstić information content (AvgIpc) is 3.96. The monoisotopic (exact) mass is 972 g/mol. The standard InChI is InChI=1S/C24H27FN4O7.C24H27FN4O5/c1-2-18-14-29(24(32)34-18)17-5-8-21(20(25)13-17)27-9-11-28(12-10-27)22(30)15-33-23(31)16-3-6-19(7-4-16)35-36-26;1-2-19-14-29(24(32)34-19)18-7-8-21(20(25)13-18)27-9-11-28(12-10-27)22(30)15-33-23(31)16-3-5-17(26)6-4-16/h3-8,13,18H,2,9-12,14-15,26H2,1H3;3-8,13,19H,2,9-12,14-15,26H2,1H3/t18-;19-/m00/s1. The molecule has 22 heteroatoms. The lowest BCUT2D eigenvalue weighted by molar-refractivity contribution is -0.211. The first-order valence-corrected chi connectivity index (χ1v) is 22.7. The Morgan fingerprint density at radius 3 is 1.36 bits per heavy atom. The summed E-state index contributed by atoms with van der Waals surface area (Å²) >= 11 is 0. The third-order valence-corrected chi connectivity index (χ3v) is 12.1. The topological polar surface area (TPSA) is 229 Å². The van der Waals surface area contributed by atoms with Crippen LogP contribution in [0.2, 0.25) is 0 Å². The van der Waals surface area contributed by atoms with Gasteiger partial charge in [0.1, 0.15) is 23.8 Å². The van der Waals surface area contributed by atoms with Gasteiger partial charge >= 0.3 is 24.1 Å². The number of piperazine rings is 2. The maximum atomic E-state index is 14.9. The number of halogens is 2. The number of nitrogens with zero attached hydrogens (tertiary/aromatic N) is 6. The Balaban J connectivity index is 0.000000207. The summed E-state index contributed by atoms with van der Waals surface area (Å²) in [6.07, 6.45) is 0.0611. The average molecular weight is 973 g/mol. The summed E-state index contributed by atoms with van der Waals surface area (Å²) in [5.41, 5.74) is 8.39. The van der Waals surface area contributed by atoms with Crippen molar-refractivity contribution in [2.24, 2.45) is 5.90 Å². The van der Waals surface area contributed by atoms with Crippen molar-refractivity contribution < 1.29 is 66.4 Å². The maximum Gasteiger partial charge on any atom is 0.414 e. The molecule has 0 bridgehead atoms. The first kappa shape index (κ1) is 50.2. The van der Waals surface area contributed by atoms with Gasteiger partial charge < -0.3 is 49.2 Å². The van der Waals surface area contributed by atoms with Gasteiger partial charge in [-0.05, 0) is 97.8 Å². The van der Waals surface area contributed by atoms with Gasteiger partial charge in [-0.1, -0.05) is 18.8 Å². The molecule has 4 aromatic rings. The van der Waals surface area contributed by atoms with Gasteiger partial charge in [-0.25, -0.2) is 28.0 Å². The Morgan fingerprint density at radius 2 is 1.00 bits per heavy atom. The van der Waals surface area contributed by atoms with Gasteiger partial charge in [-0.2, -0.15) is 5.90 Å². The number of anilines is 5. The second-order valence-electron chi connectivity index (χ2n) is 16.5. The molecular formula is C48H54F2N8O12. The van der Waals surface area contributed by atoms with Gasteiger partial charge in [0.2, 0.25) is 0 Å². The summed E-state index contributed by atoms with van der Waals surface area (Å²) in [6, 6.07) is 21.4. The van der Waals surface area contributed by atoms with E-state index in [1.807, 2.05) is 23.6 Å². The lowest BCUT2D eigenvalue weighted by Gasteiger charge is -2.36. The zero-order valence-corrected chi connectivity index (χ0v) is 38.6. The van der Waals surface area contributed by atoms with Crippen molar-refractivity contribution >= 4 is 64.4 Å². The van der Waals surface area contributed by atoms with E-state index in [1.54, 1.807) is 46.2 Å². The molecule has 4 aromatic carbocycles. The van der Waals surface area contributed by atoms with Crippen molar-refractivity contribution in [1.82, 2.24) is 9.80 Å². The largest absolute Gasteiger partial charge is 0.452 e. The van der Waals surface area contributed by atoms with Gasteiger partial charge in [0.25, 0.3) is 11.8 Å². The summed E-state index contributed by atoms with van der Waals surface area (Å²) in [5.74, 6) is 2.31. The van der Waals surface area contributed by atoms with E-state index in [0.29, 0.717) is 118 Å². The number of esters is 2. The highest BCUT2D eigenvalue weighted by molar-refractivity contribution is 5.93. The molecule has 0 aromatic heterocycles. The number of hydrogen-bond donors (Lipinski definition) is 2. The highest BCUT2D eigenvalue weighted by atomic mass is 19.1. The van der Waals surface area contributed by atoms with Gasteiger partial charge in [0.05, 0.1) is 47.0 Å². The molecule has 70 heavy (non-hydrogen) atoms. The summed E-state index contributed by atoms with van der Waals surface area (Å²) < 4.78 is 50.5. The number of amides is 4. The first-order chi connectivity index (χ1) is 33.7. The number of nitrogen functional groups attached to an aromatic ring is 1. The zero-order chi connectivity index (χ0) is 49.9. The molecular weight excluding hydrogens is 919 g/mol. The number of carbonyl (C=O) groups excluding carboxylic acids is 6.